The number of nitrogens with zero attached hydrogens (tertiary/aromatic N) is 2. The molecule has 0 saturated carbocycles. The first kappa shape index (κ1) is 12.8. The molecular weight excluding hydrogens is 248 g/mol. The highest BCUT2D eigenvalue weighted by Gasteiger charge is 2.16. The Morgan fingerprint density at radius 1 is 1.44 bits per heavy atom. The van der Waals surface area contributed by atoms with Crippen molar-refractivity contribution in [3.05, 3.63) is 28.5 Å². The fourth-order valence-corrected chi connectivity index (χ4v) is 3.15. The fourth-order valence-electron chi connectivity index (χ4n) is 2.28. The third-order valence-electron chi connectivity index (χ3n) is 2.95. The summed E-state index contributed by atoms with van der Waals surface area (Å²) >= 11 is 1.37. The van der Waals surface area contributed by atoms with Crippen LogP contribution in [-0.2, 0) is 0 Å². The van der Waals surface area contributed by atoms with Crippen LogP contribution in [0.5, 0.6) is 0 Å². The van der Waals surface area contributed by atoms with E-state index in [9.17, 15) is 4.79 Å². The lowest BCUT2D eigenvalue weighted by Crippen LogP contribution is -2.04. The summed E-state index contributed by atoms with van der Waals surface area (Å²) in [6.07, 6.45) is 0. The lowest BCUT2D eigenvalue weighted by Gasteiger charge is -2.13. The Morgan fingerprint density at radius 2 is 2.11 bits per heavy atom. The van der Waals surface area contributed by atoms with Gasteiger partial charge in [0.25, 0.3) is 0 Å². The van der Waals surface area contributed by atoms with Crippen molar-refractivity contribution < 1.29 is 9.90 Å². The summed E-state index contributed by atoms with van der Waals surface area (Å²) in [4.78, 5) is 15.0. The van der Waals surface area contributed by atoms with E-state index in [4.69, 9.17) is 5.11 Å². The largest absolute Gasteiger partial charge is 0.476 e. The normalized spacial score (nSPS) is 11.2. The third-order valence-corrected chi connectivity index (χ3v) is 3.83. The predicted molar refractivity (Wildman–Crippen MR) is 72.4 cm³/mol. The number of carboxylic acid groups (broad SMARTS) is 1. The summed E-state index contributed by atoms with van der Waals surface area (Å²) in [6.45, 7) is 8.37. The minimum Gasteiger partial charge on any atom is -0.476 e. The zero-order valence-corrected chi connectivity index (χ0v) is 11.7. The molecule has 0 fully saturated rings. The van der Waals surface area contributed by atoms with Gasteiger partial charge in [-0.05, 0) is 33.8 Å². The van der Waals surface area contributed by atoms with Gasteiger partial charge in [-0.1, -0.05) is 0 Å². The molecular formula is C13H16N2O2S. The quantitative estimate of drug-likeness (QED) is 0.923. The number of hydrogen-bond donors (Lipinski definition) is 1. The maximum Gasteiger partial charge on any atom is 0.355 e. The van der Waals surface area contributed by atoms with E-state index in [1.807, 2.05) is 6.92 Å². The van der Waals surface area contributed by atoms with E-state index >= 15 is 0 Å². The Labute approximate surface area is 110 Å². The van der Waals surface area contributed by atoms with Gasteiger partial charge in [-0.15, -0.1) is 11.3 Å². The Morgan fingerprint density at radius 3 is 2.56 bits per heavy atom. The molecule has 0 bridgehead atoms. The van der Waals surface area contributed by atoms with E-state index in [2.05, 4.69) is 36.4 Å². The number of carboxylic acids is 1. The highest BCUT2D eigenvalue weighted by molar-refractivity contribution is 7.13. The summed E-state index contributed by atoms with van der Waals surface area (Å²) < 4.78 is 2.23. The van der Waals surface area contributed by atoms with Crippen LogP contribution in [0.1, 0.15) is 41.8 Å². The van der Waals surface area contributed by atoms with Crippen molar-refractivity contribution in [2.45, 2.75) is 33.7 Å². The number of hydrogen-bond acceptors (Lipinski definition) is 3. The Hall–Kier alpha value is -1.62. The van der Waals surface area contributed by atoms with Gasteiger partial charge in [-0.2, -0.15) is 0 Å². The fraction of sp³-hybridized carbons (Fsp3) is 0.385. The number of carbonyl (C=O) groups is 1. The summed E-state index contributed by atoms with van der Waals surface area (Å²) in [5.74, 6) is -0.977. The van der Waals surface area contributed by atoms with Gasteiger partial charge < -0.3 is 9.67 Å². The first-order valence-corrected chi connectivity index (χ1v) is 6.67. The van der Waals surface area contributed by atoms with Crippen molar-refractivity contribution in [1.29, 1.82) is 0 Å². The van der Waals surface area contributed by atoms with Crippen molar-refractivity contribution >= 4 is 17.3 Å². The van der Waals surface area contributed by atoms with E-state index in [1.54, 1.807) is 5.38 Å². The van der Waals surface area contributed by atoms with Gasteiger partial charge in [-0.3, -0.25) is 0 Å². The van der Waals surface area contributed by atoms with Crippen LogP contribution in [0.4, 0.5) is 0 Å². The van der Waals surface area contributed by atoms with E-state index < -0.39 is 5.97 Å². The van der Waals surface area contributed by atoms with Crippen molar-refractivity contribution in [3.63, 3.8) is 0 Å². The van der Waals surface area contributed by atoms with E-state index in [-0.39, 0.29) is 5.69 Å². The molecule has 0 unspecified atom stereocenters. The van der Waals surface area contributed by atoms with Crippen LogP contribution < -0.4 is 0 Å². The minimum absolute atomic E-state index is 0.115. The van der Waals surface area contributed by atoms with Crippen LogP contribution in [-0.4, -0.2) is 20.6 Å². The second-order valence-electron chi connectivity index (χ2n) is 4.59. The summed E-state index contributed by atoms with van der Waals surface area (Å²) in [7, 11) is 0. The number of aromatic nitrogens is 2. The number of aromatic carboxylic acids is 1. The number of aryl methyl sites for hydroxylation is 1. The molecule has 0 aliphatic carbocycles. The zero-order valence-electron chi connectivity index (χ0n) is 10.9. The van der Waals surface area contributed by atoms with Crippen LogP contribution in [0, 0.1) is 13.8 Å². The van der Waals surface area contributed by atoms with Gasteiger partial charge in [0.2, 0.25) is 0 Å². The molecule has 2 aromatic heterocycles. The highest BCUT2D eigenvalue weighted by Crippen LogP contribution is 2.31. The van der Waals surface area contributed by atoms with Crippen LogP contribution >= 0.6 is 11.3 Å². The monoisotopic (exact) mass is 264 g/mol. The van der Waals surface area contributed by atoms with Gasteiger partial charge in [0.05, 0.1) is 0 Å². The second-order valence-corrected chi connectivity index (χ2v) is 5.45. The lowest BCUT2D eigenvalue weighted by molar-refractivity contribution is 0.0691. The maximum absolute atomic E-state index is 10.8. The molecule has 96 valence electrons. The van der Waals surface area contributed by atoms with Crippen LogP contribution in [0.3, 0.4) is 0 Å². The number of thiazole rings is 1. The maximum atomic E-state index is 10.8. The molecule has 4 nitrogen and oxygen atoms in total. The first-order valence-electron chi connectivity index (χ1n) is 5.79. The third kappa shape index (κ3) is 2.06. The molecule has 18 heavy (non-hydrogen) atoms. The van der Waals surface area contributed by atoms with Crippen molar-refractivity contribution in [2.75, 3.05) is 0 Å². The molecule has 0 aromatic carbocycles. The second kappa shape index (κ2) is 4.57. The van der Waals surface area contributed by atoms with Crippen LogP contribution in [0.2, 0.25) is 0 Å². The van der Waals surface area contributed by atoms with Crippen molar-refractivity contribution in [1.82, 2.24) is 9.55 Å². The summed E-state index contributed by atoms with van der Waals surface area (Å²) in [5, 5.41) is 11.3. The van der Waals surface area contributed by atoms with Gasteiger partial charge >= 0.3 is 5.97 Å². The summed E-state index contributed by atoms with van der Waals surface area (Å²) in [5.41, 5.74) is 3.45. The van der Waals surface area contributed by atoms with E-state index in [1.165, 1.54) is 17.0 Å². The lowest BCUT2D eigenvalue weighted by atomic mass is 10.2. The van der Waals surface area contributed by atoms with Gasteiger partial charge in [-0.25, -0.2) is 9.78 Å². The summed E-state index contributed by atoms with van der Waals surface area (Å²) in [6, 6.07) is 2.46. The molecule has 1 N–H and O–H groups in total. The molecule has 0 amide bonds. The molecule has 2 rings (SSSR count). The first-order chi connectivity index (χ1) is 8.41. The Balaban J connectivity index is 2.51. The Bertz CT molecular complexity index is 596. The smallest absolute Gasteiger partial charge is 0.355 e. The Kier molecular flexibility index (Phi) is 3.26. The van der Waals surface area contributed by atoms with E-state index in [0.29, 0.717) is 6.04 Å². The average Bonchev–Trinajstić information content (AvgIpc) is 2.83. The molecule has 5 heteroatoms. The molecule has 0 spiro atoms. The molecule has 0 atom stereocenters. The molecule has 2 aromatic rings. The average molecular weight is 264 g/mol. The predicted octanol–water partition coefficient (Wildman–Crippen LogP) is 3.51. The molecule has 2 heterocycles. The molecule has 0 saturated heterocycles. The van der Waals surface area contributed by atoms with Gasteiger partial charge in [0.15, 0.2) is 5.69 Å². The van der Waals surface area contributed by atoms with Crippen molar-refractivity contribution in [3.8, 4) is 10.6 Å². The van der Waals surface area contributed by atoms with E-state index in [0.717, 1.165) is 16.3 Å². The molecule has 0 aliphatic rings. The topological polar surface area (TPSA) is 55.1 Å². The standard InChI is InChI=1S/C13H16N2O2S/c1-7(2)15-8(3)5-10(9(15)4)12-14-11(6-18-12)13(16)17/h5-7H,1-4H3,(H,16,17). The molecule has 0 radical (unpaired) electrons. The van der Waals surface area contributed by atoms with Crippen LogP contribution in [0.25, 0.3) is 10.6 Å². The van der Waals surface area contributed by atoms with Crippen molar-refractivity contribution in [2.24, 2.45) is 0 Å². The zero-order chi connectivity index (χ0) is 13.4. The van der Waals surface area contributed by atoms with Gasteiger partial charge in [0.1, 0.15) is 5.01 Å². The number of rotatable bonds is 3. The van der Waals surface area contributed by atoms with Gasteiger partial charge in [0, 0.05) is 28.4 Å². The minimum atomic E-state index is -0.977. The van der Waals surface area contributed by atoms with Crippen LogP contribution in [0.15, 0.2) is 11.4 Å². The highest BCUT2D eigenvalue weighted by atomic mass is 32.1. The SMILES string of the molecule is Cc1cc(-c2nc(C(=O)O)cs2)c(C)n1C(C)C. The molecule has 0 aliphatic heterocycles.